The lowest BCUT2D eigenvalue weighted by Crippen LogP contribution is -2.38. The predicted molar refractivity (Wildman–Crippen MR) is 136 cm³/mol. The molecule has 30 heavy (non-hydrogen) atoms. The molecule has 6 heteroatoms. The van der Waals surface area contributed by atoms with E-state index < -0.39 is 0 Å². The molecular formula is C24H27BrN2OS2. The van der Waals surface area contributed by atoms with E-state index in [0.717, 1.165) is 33.3 Å². The monoisotopic (exact) mass is 502 g/mol. The molecule has 0 amide bonds. The van der Waals surface area contributed by atoms with E-state index in [-0.39, 0.29) is 6.04 Å². The summed E-state index contributed by atoms with van der Waals surface area (Å²) in [6.45, 7) is 5.45. The molecule has 4 rings (SSSR count). The fourth-order valence-electron chi connectivity index (χ4n) is 4.06. The van der Waals surface area contributed by atoms with E-state index >= 15 is 0 Å². The first-order valence-electron chi connectivity index (χ1n) is 10.3. The van der Waals surface area contributed by atoms with Gasteiger partial charge in [-0.25, -0.2) is 0 Å². The molecule has 1 N–H and O–H groups in total. The SMILES string of the molecule is COc1ccc(C2c3[nH]c4ccc(Br)cc4c3CCN2C(=S)SCCC(C)C)cc1. The highest BCUT2D eigenvalue weighted by Gasteiger charge is 2.33. The van der Waals surface area contributed by atoms with Crippen LogP contribution >= 0.6 is 39.9 Å². The van der Waals surface area contributed by atoms with Gasteiger partial charge in [-0.3, -0.25) is 0 Å². The van der Waals surface area contributed by atoms with Gasteiger partial charge in [-0.2, -0.15) is 0 Å². The molecule has 158 valence electrons. The van der Waals surface area contributed by atoms with Crippen molar-refractivity contribution < 1.29 is 4.74 Å². The first-order chi connectivity index (χ1) is 14.5. The Balaban J connectivity index is 1.74. The van der Waals surface area contributed by atoms with Crippen LogP contribution < -0.4 is 4.74 Å². The van der Waals surface area contributed by atoms with Crippen LogP contribution in [0.3, 0.4) is 0 Å². The van der Waals surface area contributed by atoms with Gasteiger partial charge in [0.2, 0.25) is 0 Å². The Bertz CT molecular complexity index is 1050. The molecule has 0 bridgehead atoms. The lowest BCUT2D eigenvalue weighted by molar-refractivity contribution is 0.345. The molecule has 0 aliphatic carbocycles. The average molecular weight is 504 g/mol. The number of halogens is 1. The Hall–Kier alpha value is -1.50. The van der Waals surface area contributed by atoms with Crippen molar-refractivity contribution >= 4 is 55.1 Å². The van der Waals surface area contributed by atoms with Crippen LogP contribution in [-0.2, 0) is 6.42 Å². The van der Waals surface area contributed by atoms with E-state index in [1.807, 2.05) is 23.9 Å². The molecule has 2 aromatic carbocycles. The zero-order valence-corrected chi connectivity index (χ0v) is 20.8. The van der Waals surface area contributed by atoms with Gasteiger partial charge in [0.15, 0.2) is 0 Å². The summed E-state index contributed by atoms with van der Waals surface area (Å²) in [5.41, 5.74) is 5.07. The summed E-state index contributed by atoms with van der Waals surface area (Å²) in [6.07, 6.45) is 2.17. The zero-order valence-electron chi connectivity index (χ0n) is 17.6. The van der Waals surface area contributed by atoms with Crippen LogP contribution in [0.25, 0.3) is 10.9 Å². The molecular weight excluding hydrogens is 476 g/mol. The summed E-state index contributed by atoms with van der Waals surface area (Å²) in [4.78, 5) is 6.11. The highest BCUT2D eigenvalue weighted by molar-refractivity contribution is 9.10. The van der Waals surface area contributed by atoms with Crippen molar-refractivity contribution in [2.45, 2.75) is 32.7 Å². The standard InChI is InChI=1S/C24H27BrN2OS2/c1-15(2)11-13-30-24(29)27-12-10-19-20-14-17(25)6-9-21(20)26-22(19)23(27)16-4-7-18(28-3)8-5-16/h4-9,14-15,23,26H,10-13H2,1-3H3. The maximum absolute atomic E-state index is 5.93. The van der Waals surface area contributed by atoms with Gasteiger partial charge in [0.1, 0.15) is 10.1 Å². The summed E-state index contributed by atoms with van der Waals surface area (Å²) in [7, 11) is 1.70. The van der Waals surface area contributed by atoms with Crippen molar-refractivity contribution in [3.63, 3.8) is 0 Å². The largest absolute Gasteiger partial charge is 0.497 e. The first-order valence-corrected chi connectivity index (χ1v) is 12.5. The summed E-state index contributed by atoms with van der Waals surface area (Å²) in [5, 5.41) is 1.30. The molecule has 1 unspecified atom stereocenters. The van der Waals surface area contributed by atoms with Crippen LogP contribution in [0.2, 0.25) is 0 Å². The lowest BCUT2D eigenvalue weighted by Gasteiger charge is -2.37. The summed E-state index contributed by atoms with van der Waals surface area (Å²) >= 11 is 11.4. The second kappa shape index (κ2) is 9.33. The highest BCUT2D eigenvalue weighted by atomic mass is 79.9. The molecule has 0 saturated carbocycles. The number of hydrogen-bond donors (Lipinski definition) is 1. The predicted octanol–water partition coefficient (Wildman–Crippen LogP) is 6.95. The van der Waals surface area contributed by atoms with Crippen LogP contribution in [0.5, 0.6) is 5.75 Å². The third kappa shape index (κ3) is 4.41. The molecule has 1 atom stereocenters. The van der Waals surface area contributed by atoms with E-state index in [9.17, 15) is 0 Å². The topological polar surface area (TPSA) is 28.3 Å². The minimum atomic E-state index is 0.0879. The van der Waals surface area contributed by atoms with Gasteiger partial charge in [0.25, 0.3) is 0 Å². The smallest absolute Gasteiger partial charge is 0.137 e. The number of aromatic nitrogens is 1. The van der Waals surface area contributed by atoms with Gasteiger partial charge >= 0.3 is 0 Å². The number of fused-ring (bicyclic) bond motifs is 3. The van der Waals surface area contributed by atoms with Crippen molar-refractivity contribution in [3.05, 3.63) is 63.8 Å². The fraction of sp³-hybridized carbons (Fsp3) is 0.375. The number of benzene rings is 2. The normalized spacial score (nSPS) is 16.2. The van der Waals surface area contributed by atoms with Crippen LogP contribution in [0.1, 0.15) is 43.1 Å². The van der Waals surface area contributed by atoms with Gasteiger partial charge in [-0.05, 0) is 60.2 Å². The molecule has 0 saturated heterocycles. The van der Waals surface area contributed by atoms with Gasteiger partial charge in [-0.15, -0.1) is 0 Å². The Kier molecular flexibility index (Phi) is 6.75. The molecule has 0 radical (unpaired) electrons. The number of nitrogens with one attached hydrogen (secondary N) is 1. The minimum Gasteiger partial charge on any atom is -0.497 e. The third-order valence-electron chi connectivity index (χ3n) is 5.68. The number of thiocarbonyl (C=S) groups is 1. The number of aromatic amines is 1. The molecule has 0 fully saturated rings. The number of nitrogens with zero attached hydrogens (tertiary/aromatic N) is 1. The molecule has 1 aliphatic heterocycles. The number of hydrogen-bond acceptors (Lipinski definition) is 3. The highest BCUT2D eigenvalue weighted by Crippen LogP contribution is 2.40. The fourth-order valence-corrected chi connectivity index (χ4v) is 5.99. The summed E-state index contributed by atoms with van der Waals surface area (Å²) in [6, 6.07) is 15.0. The van der Waals surface area contributed by atoms with Crippen LogP contribution in [0, 0.1) is 5.92 Å². The van der Waals surface area contributed by atoms with Crippen LogP contribution in [-0.4, -0.2) is 33.6 Å². The molecule has 1 aromatic heterocycles. The maximum atomic E-state index is 5.93. The van der Waals surface area contributed by atoms with E-state index in [1.165, 1.54) is 34.1 Å². The minimum absolute atomic E-state index is 0.0879. The van der Waals surface area contributed by atoms with Gasteiger partial charge in [-0.1, -0.05) is 65.9 Å². The Morgan fingerprint density at radius 2 is 2.03 bits per heavy atom. The lowest BCUT2D eigenvalue weighted by atomic mass is 9.93. The van der Waals surface area contributed by atoms with E-state index in [1.54, 1.807) is 7.11 Å². The van der Waals surface area contributed by atoms with Crippen molar-refractivity contribution in [1.29, 1.82) is 0 Å². The summed E-state index contributed by atoms with van der Waals surface area (Å²) in [5.74, 6) is 2.63. The first kappa shape index (κ1) is 21.7. The number of thioether (sulfide) groups is 1. The number of ether oxygens (including phenoxy) is 1. The number of rotatable bonds is 5. The van der Waals surface area contributed by atoms with Crippen LogP contribution in [0.15, 0.2) is 46.9 Å². The Morgan fingerprint density at radius 1 is 1.27 bits per heavy atom. The van der Waals surface area contributed by atoms with Crippen molar-refractivity contribution in [2.75, 3.05) is 19.4 Å². The van der Waals surface area contributed by atoms with Gasteiger partial charge < -0.3 is 14.6 Å². The van der Waals surface area contributed by atoms with Crippen molar-refractivity contribution in [1.82, 2.24) is 9.88 Å². The van der Waals surface area contributed by atoms with E-state index in [2.05, 4.69) is 70.0 Å². The molecule has 2 heterocycles. The molecule has 0 spiro atoms. The Labute approximate surface area is 196 Å². The van der Waals surface area contributed by atoms with E-state index in [0.29, 0.717) is 5.92 Å². The van der Waals surface area contributed by atoms with Crippen molar-refractivity contribution in [3.8, 4) is 5.75 Å². The molecule has 3 nitrogen and oxygen atoms in total. The second-order valence-electron chi connectivity index (χ2n) is 8.12. The second-order valence-corrected chi connectivity index (χ2v) is 10.8. The molecule has 1 aliphatic rings. The number of H-pyrrole nitrogens is 1. The maximum Gasteiger partial charge on any atom is 0.137 e. The summed E-state index contributed by atoms with van der Waals surface area (Å²) < 4.78 is 7.48. The van der Waals surface area contributed by atoms with Crippen molar-refractivity contribution in [2.24, 2.45) is 5.92 Å². The quantitative estimate of drug-likeness (QED) is 0.382. The zero-order chi connectivity index (χ0) is 21.3. The van der Waals surface area contributed by atoms with Gasteiger partial charge in [0.05, 0.1) is 13.2 Å². The van der Waals surface area contributed by atoms with Crippen LogP contribution in [0.4, 0.5) is 0 Å². The third-order valence-corrected chi connectivity index (χ3v) is 7.68. The van der Waals surface area contributed by atoms with E-state index in [4.69, 9.17) is 17.0 Å². The number of methoxy groups -OCH3 is 1. The molecule has 3 aromatic rings. The Morgan fingerprint density at radius 3 is 2.73 bits per heavy atom. The average Bonchev–Trinajstić information content (AvgIpc) is 3.10. The van der Waals surface area contributed by atoms with Gasteiger partial charge in [0, 0.05) is 33.4 Å².